The van der Waals surface area contributed by atoms with E-state index in [0.29, 0.717) is 85.5 Å². The summed E-state index contributed by atoms with van der Waals surface area (Å²) in [5.41, 5.74) is 0. The van der Waals surface area contributed by atoms with Crippen LogP contribution in [0.3, 0.4) is 0 Å². The number of ether oxygens (including phenoxy) is 7. The van der Waals surface area contributed by atoms with Crippen LogP contribution >= 0.6 is 0 Å². The molecule has 0 amide bonds. The van der Waals surface area contributed by atoms with Gasteiger partial charge in [0.05, 0.1) is 66.1 Å². The van der Waals surface area contributed by atoms with E-state index in [-0.39, 0.29) is 18.5 Å². The number of carbonyl (C=O) groups is 2. The molecular weight excluding hydrogens is 648 g/mol. The number of unbranched alkanes of at least 4 members (excludes halogenated alkanes) is 22. The van der Waals surface area contributed by atoms with Crippen LogP contribution in [0.25, 0.3) is 0 Å². The third-order valence-corrected chi connectivity index (χ3v) is 8.94. The van der Waals surface area contributed by atoms with Crippen molar-refractivity contribution in [2.24, 2.45) is 0 Å². The Balaban J connectivity index is 3.19. The monoisotopic (exact) mass is 731 g/mol. The van der Waals surface area contributed by atoms with Crippen molar-refractivity contribution >= 4 is 11.9 Å². The third kappa shape index (κ3) is 44.8. The molecule has 0 aromatic carbocycles. The molecule has 0 aromatic heterocycles. The molecule has 0 spiro atoms. The lowest BCUT2D eigenvalue weighted by Crippen LogP contribution is -2.15. The average molecular weight is 731 g/mol. The zero-order valence-corrected chi connectivity index (χ0v) is 33.5. The quantitative estimate of drug-likeness (QED) is 0.0448. The number of rotatable bonds is 44. The fraction of sp³-hybridized carbons (Fsp3) is 0.952. The Morgan fingerprint density at radius 3 is 0.706 bits per heavy atom. The number of carbonyl (C=O) groups excluding carboxylic acids is 2. The topological polar surface area (TPSA) is 98.8 Å². The van der Waals surface area contributed by atoms with E-state index in [1.807, 2.05) is 0 Å². The molecule has 0 saturated heterocycles. The molecule has 0 saturated carbocycles. The van der Waals surface area contributed by atoms with Crippen LogP contribution < -0.4 is 0 Å². The lowest BCUT2D eigenvalue weighted by molar-refractivity contribution is -0.146. The summed E-state index contributed by atoms with van der Waals surface area (Å²) in [7, 11) is 0. The molecule has 0 fully saturated rings. The average Bonchev–Trinajstić information content (AvgIpc) is 3.13. The van der Waals surface area contributed by atoms with Crippen molar-refractivity contribution in [3.05, 3.63) is 0 Å². The molecule has 0 aliphatic rings. The van der Waals surface area contributed by atoms with Crippen molar-refractivity contribution in [3.8, 4) is 0 Å². The molecule has 51 heavy (non-hydrogen) atoms. The van der Waals surface area contributed by atoms with E-state index in [1.54, 1.807) is 0 Å². The molecule has 0 aliphatic carbocycles. The highest BCUT2D eigenvalue weighted by atomic mass is 16.6. The summed E-state index contributed by atoms with van der Waals surface area (Å²) in [6, 6.07) is 0. The van der Waals surface area contributed by atoms with E-state index in [9.17, 15) is 9.59 Å². The van der Waals surface area contributed by atoms with Crippen LogP contribution in [0.4, 0.5) is 0 Å². The number of hydrogen-bond donors (Lipinski definition) is 0. The maximum atomic E-state index is 11.9. The smallest absolute Gasteiger partial charge is 0.305 e. The summed E-state index contributed by atoms with van der Waals surface area (Å²) in [5, 5.41) is 0. The zero-order valence-electron chi connectivity index (χ0n) is 33.5. The van der Waals surface area contributed by atoms with Crippen LogP contribution in [0, 0.1) is 0 Å². The Hall–Kier alpha value is -1.26. The highest BCUT2D eigenvalue weighted by Crippen LogP contribution is 2.14. The largest absolute Gasteiger partial charge is 0.463 e. The van der Waals surface area contributed by atoms with Crippen molar-refractivity contribution in [1.29, 1.82) is 0 Å². The first-order valence-electron chi connectivity index (χ1n) is 21.4. The van der Waals surface area contributed by atoms with Crippen molar-refractivity contribution in [1.82, 2.24) is 0 Å². The second-order valence-electron chi connectivity index (χ2n) is 13.8. The van der Waals surface area contributed by atoms with Crippen LogP contribution in [-0.2, 0) is 42.7 Å². The summed E-state index contributed by atoms with van der Waals surface area (Å²) in [4.78, 5) is 23.7. The summed E-state index contributed by atoms with van der Waals surface area (Å²) in [6.07, 6.45) is 31.9. The van der Waals surface area contributed by atoms with E-state index in [0.717, 1.165) is 25.7 Å². The summed E-state index contributed by atoms with van der Waals surface area (Å²) in [6.45, 7) is 9.66. The van der Waals surface area contributed by atoms with Crippen LogP contribution in [0.1, 0.15) is 181 Å². The Kier molecular flexibility index (Phi) is 43.8. The molecular formula is C42H82O9. The van der Waals surface area contributed by atoms with E-state index in [2.05, 4.69) is 13.8 Å². The summed E-state index contributed by atoms with van der Waals surface area (Å²) < 4.78 is 37.9. The minimum Gasteiger partial charge on any atom is -0.463 e. The zero-order chi connectivity index (χ0) is 37.0. The van der Waals surface area contributed by atoms with E-state index in [4.69, 9.17) is 33.2 Å². The Morgan fingerprint density at radius 1 is 0.275 bits per heavy atom. The van der Waals surface area contributed by atoms with Gasteiger partial charge in [-0.25, -0.2) is 0 Å². The van der Waals surface area contributed by atoms with E-state index >= 15 is 0 Å². The van der Waals surface area contributed by atoms with Crippen molar-refractivity contribution in [2.75, 3.05) is 79.3 Å². The highest BCUT2D eigenvalue weighted by molar-refractivity contribution is 5.69. The predicted molar refractivity (Wildman–Crippen MR) is 207 cm³/mol. The van der Waals surface area contributed by atoms with E-state index in [1.165, 1.54) is 128 Å². The first-order chi connectivity index (χ1) is 25.2. The fourth-order valence-corrected chi connectivity index (χ4v) is 5.78. The van der Waals surface area contributed by atoms with Gasteiger partial charge in [-0.1, -0.05) is 155 Å². The van der Waals surface area contributed by atoms with Gasteiger partial charge in [-0.15, -0.1) is 0 Å². The number of esters is 2. The maximum Gasteiger partial charge on any atom is 0.305 e. The van der Waals surface area contributed by atoms with Crippen molar-refractivity contribution in [2.45, 2.75) is 181 Å². The molecule has 0 atom stereocenters. The standard InChI is InChI=1S/C42H82O9/c1-3-5-7-9-11-13-14-15-16-17-18-20-22-24-26-28-42(44)51-40-38-49-36-34-47-32-30-45-29-31-46-33-35-48-37-39-50-41(43)27-25-23-21-19-12-10-8-6-4-2/h3-40H2,1-2H3. The second-order valence-corrected chi connectivity index (χ2v) is 13.8. The van der Waals surface area contributed by atoms with Gasteiger partial charge in [0, 0.05) is 12.8 Å². The van der Waals surface area contributed by atoms with Crippen LogP contribution in [0.5, 0.6) is 0 Å². The normalized spacial score (nSPS) is 11.3. The van der Waals surface area contributed by atoms with Crippen LogP contribution in [0.2, 0.25) is 0 Å². The Morgan fingerprint density at radius 2 is 0.471 bits per heavy atom. The molecule has 0 heterocycles. The minimum atomic E-state index is -0.134. The molecule has 0 unspecified atom stereocenters. The Bertz CT molecular complexity index is 691. The van der Waals surface area contributed by atoms with Gasteiger partial charge in [0.15, 0.2) is 0 Å². The molecule has 0 radical (unpaired) electrons. The first-order valence-corrected chi connectivity index (χ1v) is 21.4. The van der Waals surface area contributed by atoms with Crippen LogP contribution in [-0.4, -0.2) is 91.2 Å². The van der Waals surface area contributed by atoms with Gasteiger partial charge in [0.2, 0.25) is 0 Å². The van der Waals surface area contributed by atoms with Crippen molar-refractivity contribution < 1.29 is 42.7 Å². The molecule has 9 heteroatoms. The SMILES string of the molecule is CCCCCCCCCCCCCCCCCC(=O)OCCOCCOCCOCCOCCOCCOC(=O)CCCCCCCCCCC. The van der Waals surface area contributed by atoms with Gasteiger partial charge in [-0.3, -0.25) is 9.59 Å². The predicted octanol–water partition coefficient (Wildman–Crippen LogP) is 10.3. The summed E-state index contributed by atoms with van der Waals surface area (Å²) in [5.74, 6) is -0.264. The van der Waals surface area contributed by atoms with Gasteiger partial charge >= 0.3 is 11.9 Å². The minimum absolute atomic E-state index is 0.129. The van der Waals surface area contributed by atoms with Crippen molar-refractivity contribution in [3.63, 3.8) is 0 Å². The third-order valence-electron chi connectivity index (χ3n) is 8.94. The lowest BCUT2D eigenvalue weighted by Gasteiger charge is -2.09. The molecule has 0 rings (SSSR count). The molecule has 0 bridgehead atoms. The van der Waals surface area contributed by atoms with E-state index < -0.39 is 0 Å². The molecule has 304 valence electrons. The second kappa shape index (κ2) is 44.9. The van der Waals surface area contributed by atoms with Gasteiger partial charge < -0.3 is 33.2 Å². The molecule has 9 nitrogen and oxygen atoms in total. The molecule has 0 N–H and O–H groups in total. The highest BCUT2D eigenvalue weighted by Gasteiger charge is 2.04. The lowest BCUT2D eigenvalue weighted by atomic mass is 10.0. The van der Waals surface area contributed by atoms with Gasteiger partial charge in [-0.05, 0) is 12.8 Å². The van der Waals surface area contributed by atoms with Gasteiger partial charge in [-0.2, -0.15) is 0 Å². The first kappa shape index (κ1) is 49.7. The Labute approximate surface area is 314 Å². The van der Waals surface area contributed by atoms with Crippen LogP contribution in [0.15, 0.2) is 0 Å². The summed E-state index contributed by atoms with van der Waals surface area (Å²) >= 11 is 0. The molecule has 0 aliphatic heterocycles. The molecule has 0 aromatic rings. The fourth-order valence-electron chi connectivity index (χ4n) is 5.78. The van der Waals surface area contributed by atoms with Gasteiger partial charge in [0.25, 0.3) is 0 Å². The van der Waals surface area contributed by atoms with Gasteiger partial charge in [0.1, 0.15) is 13.2 Å². The maximum absolute atomic E-state index is 11.9. The number of hydrogen-bond acceptors (Lipinski definition) is 9.